The molecule has 0 aliphatic carbocycles. The molecule has 0 saturated heterocycles. The summed E-state index contributed by atoms with van der Waals surface area (Å²) in [7, 11) is -10.0. The molecule has 26 nitrogen and oxygen atoms in total. The van der Waals surface area contributed by atoms with Gasteiger partial charge in [-0.05, 0) is 53.9 Å². The Morgan fingerprint density at radius 2 is 1.05 bits per heavy atom. The minimum atomic E-state index is -5.20. The molecule has 0 radical (unpaired) electrons. The van der Waals surface area contributed by atoms with Crippen LogP contribution in [0.15, 0.2) is 111 Å². The van der Waals surface area contributed by atoms with Gasteiger partial charge in [0.1, 0.15) is 68.6 Å². The molecule has 5 rings (SSSR count). The number of phenolic OH excluding ortho intramolecular Hbond substituents is 2. The van der Waals surface area contributed by atoms with Gasteiger partial charge in [0, 0.05) is 23.5 Å². The van der Waals surface area contributed by atoms with Gasteiger partial charge in [0.2, 0.25) is 0 Å². The molecule has 5 aromatic rings. The van der Waals surface area contributed by atoms with Crippen LogP contribution in [0.5, 0.6) is 23.0 Å². The van der Waals surface area contributed by atoms with Crippen molar-refractivity contribution in [3.05, 3.63) is 60.7 Å². The van der Waals surface area contributed by atoms with E-state index >= 15 is 0 Å². The Labute approximate surface area is 356 Å². The van der Waals surface area contributed by atoms with E-state index < -0.39 is 71.5 Å². The van der Waals surface area contributed by atoms with Crippen molar-refractivity contribution in [2.45, 2.75) is 19.6 Å². The van der Waals surface area contributed by atoms with Crippen molar-refractivity contribution in [1.82, 2.24) is 0 Å². The van der Waals surface area contributed by atoms with Crippen molar-refractivity contribution in [3.8, 4) is 23.0 Å². The number of ether oxygens (including phenoxy) is 2. The number of nitrogen functional groups attached to an aromatic ring is 2. The first-order valence-electron chi connectivity index (χ1n) is 16.5. The number of rotatable bonds is 20. The molecule has 0 atom stereocenters. The summed E-state index contributed by atoms with van der Waals surface area (Å²) in [5, 5.41) is 89.8. The fourth-order valence-corrected chi connectivity index (χ4v) is 7.36. The maximum atomic E-state index is 12.6. The zero-order valence-corrected chi connectivity index (χ0v) is 34.0. The lowest BCUT2D eigenvalue weighted by Crippen LogP contribution is -2.04. The lowest BCUT2D eigenvalue weighted by atomic mass is 10.1. The molecule has 0 saturated carbocycles. The average molecular weight is 943 g/mol. The van der Waals surface area contributed by atoms with Gasteiger partial charge in [-0.2, -0.15) is 16.8 Å². The monoisotopic (exact) mass is 942 g/mol. The highest BCUT2D eigenvalue weighted by Gasteiger charge is 2.27. The summed E-state index contributed by atoms with van der Waals surface area (Å²) in [5.74, 6) is -2.36. The predicted molar refractivity (Wildman–Crippen MR) is 214 cm³/mol. The topological polar surface area (TPSA) is 412 Å². The van der Waals surface area contributed by atoms with Crippen molar-refractivity contribution >= 4 is 101 Å². The fourth-order valence-electron chi connectivity index (χ4n) is 5.07. The standard InChI is InChI=1S/C32H30N8O18S4/c33-16-1-3-18(24(11-16)59-57-55-45)35-40-30-27(62(50,51)52)10-15-9-25(60-58-56-46)29(31(43)28(15)32(30)44)39-38-21-14-22(53-7-5-41)20(13-23(21)54-8-6-42)37-36-19-4-2-17(34)12-26(19)61(47,48)49/h1-4,9-14,41-46H,5-8,33-34H2,(H,47,48,49)(H,50,51,52). The average Bonchev–Trinajstić information content (AvgIpc) is 3.22. The molecule has 62 heavy (non-hydrogen) atoms. The number of phenols is 2. The van der Waals surface area contributed by atoms with E-state index in [1.807, 2.05) is 0 Å². The summed E-state index contributed by atoms with van der Waals surface area (Å²) in [6.07, 6.45) is 0. The number of nitrogens with zero attached hydrogens (tertiary/aromatic N) is 6. The second kappa shape index (κ2) is 20.8. The van der Waals surface area contributed by atoms with Gasteiger partial charge in [0.15, 0.2) is 11.5 Å². The predicted octanol–water partition coefficient (Wildman–Crippen LogP) is 6.75. The van der Waals surface area contributed by atoms with Gasteiger partial charge in [-0.15, -0.1) is 39.4 Å². The number of aromatic hydroxyl groups is 2. The van der Waals surface area contributed by atoms with E-state index in [1.54, 1.807) is 0 Å². The summed E-state index contributed by atoms with van der Waals surface area (Å²) < 4.78 is 89.1. The lowest BCUT2D eigenvalue weighted by molar-refractivity contribution is -0.432. The summed E-state index contributed by atoms with van der Waals surface area (Å²) >= 11 is 0.627. The number of fused-ring (bicyclic) bond motifs is 1. The van der Waals surface area contributed by atoms with Gasteiger partial charge in [0.25, 0.3) is 20.2 Å². The number of hydrogen-bond acceptors (Lipinski definition) is 26. The molecule has 0 aliphatic heterocycles. The molecule has 0 fully saturated rings. The van der Waals surface area contributed by atoms with Crippen LogP contribution < -0.4 is 20.9 Å². The van der Waals surface area contributed by atoms with E-state index in [0.29, 0.717) is 12.0 Å². The normalized spacial score (nSPS) is 12.4. The first kappa shape index (κ1) is 47.2. The molecule has 5 aromatic carbocycles. The van der Waals surface area contributed by atoms with Gasteiger partial charge in [-0.3, -0.25) is 9.11 Å². The molecular formula is C32H30N8O18S4. The van der Waals surface area contributed by atoms with Crippen molar-refractivity contribution in [2.24, 2.45) is 30.7 Å². The third-order valence-corrected chi connectivity index (χ3v) is 10.6. The van der Waals surface area contributed by atoms with Gasteiger partial charge >= 0.3 is 0 Å². The second-order valence-electron chi connectivity index (χ2n) is 11.6. The molecule has 330 valence electrons. The minimum Gasteiger partial charge on any atom is -0.505 e. The summed E-state index contributed by atoms with van der Waals surface area (Å²) in [6, 6.07) is 11.6. The van der Waals surface area contributed by atoms with Gasteiger partial charge < -0.3 is 41.4 Å². The van der Waals surface area contributed by atoms with Crippen molar-refractivity contribution in [2.75, 3.05) is 37.9 Å². The minimum absolute atomic E-state index is 0.0124. The third-order valence-electron chi connectivity index (χ3n) is 7.60. The van der Waals surface area contributed by atoms with Crippen LogP contribution in [0.1, 0.15) is 0 Å². The van der Waals surface area contributed by atoms with E-state index in [0.717, 1.165) is 36.4 Å². The van der Waals surface area contributed by atoms with Crippen LogP contribution in [0.25, 0.3) is 10.8 Å². The maximum absolute atomic E-state index is 12.6. The van der Waals surface area contributed by atoms with E-state index in [1.165, 1.54) is 24.3 Å². The van der Waals surface area contributed by atoms with E-state index in [4.69, 9.17) is 31.5 Å². The van der Waals surface area contributed by atoms with E-state index in [2.05, 4.69) is 49.4 Å². The zero-order chi connectivity index (χ0) is 45.2. The van der Waals surface area contributed by atoms with Crippen molar-refractivity contribution in [1.29, 1.82) is 0 Å². The zero-order valence-electron chi connectivity index (χ0n) is 30.7. The van der Waals surface area contributed by atoms with E-state index in [-0.39, 0.29) is 86.1 Å². The molecule has 0 bridgehead atoms. The number of aliphatic hydroxyl groups excluding tert-OH is 2. The third kappa shape index (κ3) is 11.5. The molecular weight excluding hydrogens is 913 g/mol. The Hall–Kier alpha value is -5.84. The molecule has 0 unspecified atom stereocenters. The first-order chi connectivity index (χ1) is 29.5. The largest absolute Gasteiger partial charge is 0.505 e. The van der Waals surface area contributed by atoms with Gasteiger partial charge in [0.05, 0.1) is 52.5 Å². The van der Waals surface area contributed by atoms with E-state index in [9.17, 15) is 46.4 Å². The second-order valence-corrected chi connectivity index (χ2v) is 15.9. The molecule has 0 spiro atoms. The summed E-state index contributed by atoms with van der Waals surface area (Å²) in [5.41, 5.74) is 9.40. The number of nitrogens with two attached hydrogens (primary N) is 2. The highest BCUT2D eigenvalue weighted by molar-refractivity contribution is 7.95. The molecule has 12 N–H and O–H groups in total. The molecule has 0 aromatic heterocycles. The highest BCUT2D eigenvalue weighted by atomic mass is 32.2. The fraction of sp³-hybridized carbons (Fsp3) is 0.125. The molecule has 0 heterocycles. The first-order valence-corrected chi connectivity index (χ1v) is 20.9. The van der Waals surface area contributed by atoms with Crippen LogP contribution in [0.4, 0.5) is 45.5 Å². The quantitative estimate of drug-likeness (QED) is 0.00962. The molecule has 0 amide bonds. The number of benzene rings is 5. The Kier molecular flexibility index (Phi) is 15.9. The summed E-state index contributed by atoms with van der Waals surface area (Å²) in [6.45, 7) is -1.69. The Morgan fingerprint density at radius 3 is 1.61 bits per heavy atom. The SMILES string of the molecule is Nc1ccc(N=Nc2c(S(=O)(=O)O)cc3cc(SOOO)c(N=Nc4cc(OCCO)c(N=Nc5ccc(N)cc5S(=O)(=O)O)cc4OCCO)c(O)c3c2O)c(SOOO)c1. The van der Waals surface area contributed by atoms with Gasteiger partial charge in [-0.25, -0.2) is 10.5 Å². The van der Waals surface area contributed by atoms with Crippen LogP contribution in [-0.4, -0.2) is 83.3 Å². The lowest BCUT2D eigenvalue weighted by Gasteiger charge is -2.14. The number of hydrogen-bond donors (Lipinski definition) is 10. The Bertz CT molecular complexity index is 2780. The van der Waals surface area contributed by atoms with Crippen LogP contribution in [0, 0.1) is 0 Å². The number of anilines is 2. The van der Waals surface area contributed by atoms with Crippen LogP contribution >= 0.6 is 24.1 Å². The maximum Gasteiger partial charge on any atom is 0.296 e. The van der Waals surface area contributed by atoms with Crippen LogP contribution in [0.2, 0.25) is 0 Å². The van der Waals surface area contributed by atoms with Crippen molar-refractivity contribution < 1.29 is 85.1 Å². The Morgan fingerprint density at radius 1 is 0.565 bits per heavy atom. The van der Waals surface area contributed by atoms with Crippen LogP contribution in [0.3, 0.4) is 0 Å². The van der Waals surface area contributed by atoms with Crippen LogP contribution in [-0.2, 0) is 39.0 Å². The molecule has 0 aliphatic rings. The van der Waals surface area contributed by atoms with Crippen molar-refractivity contribution in [3.63, 3.8) is 0 Å². The smallest absolute Gasteiger partial charge is 0.296 e. The number of azo groups is 3. The highest BCUT2D eigenvalue weighted by Crippen LogP contribution is 2.52. The summed E-state index contributed by atoms with van der Waals surface area (Å²) in [4.78, 5) is -1.87. The van der Waals surface area contributed by atoms with Gasteiger partial charge in [-0.1, -0.05) is 10.1 Å². The Balaban J connectivity index is 1.70. The number of aliphatic hydroxyl groups is 2. The molecule has 30 heteroatoms.